The van der Waals surface area contributed by atoms with E-state index in [2.05, 4.69) is 5.32 Å². The molecule has 0 spiro atoms. The number of likely N-dealkylation sites (N-methyl/N-ethyl adjacent to an activating group) is 1. The van der Waals surface area contributed by atoms with Crippen LogP contribution >= 0.6 is 0 Å². The number of carbonyl (C=O) groups excluding carboxylic acids is 2. The molecule has 0 aromatic rings. The molecule has 2 rings (SSSR count). The molecule has 2 fully saturated rings. The number of carbonyl (C=O) groups is 2. The number of amides is 2. The average Bonchev–Trinajstić information content (AvgIpc) is 3.04. The van der Waals surface area contributed by atoms with Crippen molar-refractivity contribution in [1.82, 2.24) is 10.2 Å². The molecule has 1 heterocycles. The predicted octanol–water partition coefficient (Wildman–Crippen LogP) is 0.522. The first kappa shape index (κ1) is 10.5. The molecule has 0 bridgehead atoms. The van der Waals surface area contributed by atoms with Crippen molar-refractivity contribution in [3.05, 3.63) is 0 Å². The number of nitrogens with one attached hydrogen (secondary N) is 1. The highest BCUT2D eigenvalue weighted by Gasteiger charge is 2.55. The van der Waals surface area contributed by atoms with Crippen molar-refractivity contribution >= 4 is 11.8 Å². The second-order valence-electron chi connectivity index (χ2n) is 4.75. The Morgan fingerprint density at radius 2 is 2.07 bits per heavy atom. The predicted molar refractivity (Wildman–Crippen MR) is 56.1 cm³/mol. The average molecular weight is 210 g/mol. The van der Waals surface area contributed by atoms with Gasteiger partial charge in [-0.2, -0.15) is 0 Å². The molecule has 1 saturated heterocycles. The maximum atomic E-state index is 12.0. The Hall–Kier alpha value is -1.06. The molecule has 0 radical (unpaired) electrons. The summed E-state index contributed by atoms with van der Waals surface area (Å²) in [4.78, 5) is 25.6. The van der Waals surface area contributed by atoms with Crippen molar-refractivity contribution in [2.24, 2.45) is 5.92 Å². The lowest BCUT2D eigenvalue weighted by Gasteiger charge is -2.44. The Balaban J connectivity index is 2.27. The van der Waals surface area contributed by atoms with E-state index in [4.69, 9.17) is 0 Å². The standard InChI is InChI=1S/C11H18N2O2/c1-4-8-9(14)13(3)11(2,7-5-6-7)10(15)12-8/h7-8H,4-6H2,1-3H3,(H,12,15). The Morgan fingerprint density at radius 3 is 2.53 bits per heavy atom. The number of nitrogens with zero attached hydrogens (tertiary/aromatic N) is 1. The van der Waals surface area contributed by atoms with Gasteiger partial charge in [0.05, 0.1) is 0 Å². The van der Waals surface area contributed by atoms with Crippen molar-refractivity contribution in [2.45, 2.75) is 44.7 Å². The molecule has 84 valence electrons. The zero-order valence-electron chi connectivity index (χ0n) is 9.54. The van der Waals surface area contributed by atoms with Crippen LogP contribution in [0.3, 0.4) is 0 Å². The minimum atomic E-state index is -0.608. The van der Waals surface area contributed by atoms with Crippen LogP contribution in [0.2, 0.25) is 0 Å². The molecule has 0 aromatic carbocycles. The third kappa shape index (κ3) is 1.34. The summed E-state index contributed by atoms with van der Waals surface area (Å²) in [5, 5.41) is 2.83. The lowest BCUT2D eigenvalue weighted by atomic mass is 9.88. The van der Waals surface area contributed by atoms with E-state index in [-0.39, 0.29) is 17.9 Å². The van der Waals surface area contributed by atoms with Gasteiger partial charge < -0.3 is 10.2 Å². The maximum absolute atomic E-state index is 12.0. The van der Waals surface area contributed by atoms with Crippen LogP contribution in [0, 0.1) is 5.92 Å². The van der Waals surface area contributed by atoms with E-state index in [1.54, 1.807) is 11.9 Å². The molecule has 2 amide bonds. The smallest absolute Gasteiger partial charge is 0.246 e. The monoisotopic (exact) mass is 210 g/mol. The normalized spacial score (nSPS) is 36.7. The molecular weight excluding hydrogens is 192 g/mol. The molecule has 4 heteroatoms. The quantitative estimate of drug-likeness (QED) is 0.722. The molecule has 0 aromatic heterocycles. The number of rotatable bonds is 2. The molecule has 1 saturated carbocycles. The fourth-order valence-electron chi connectivity index (χ4n) is 2.36. The molecule has 2 atom stereocenters. The topological polar surface area (TPSA) is 49.4 Å². The molecule has 15 heavy (non-hydrogen) atoms. The fraction of sp³-hybridized carbons (Fsp3) is 0.818. The van der Waals surface area contributed by atoms with Gasteiger partial charge in [-0.25, -0.2) is 0 Å². The Kier molecular flexibility index (Phi) is 2.24. The van der Waals surface area contributed by atoms with Gasteiger partial charge in [-0.15, -0.1) is 0 Å². The summed E-state index contributed by atoms with van der Waals surface area (Å²) in [6.45, 7) is 3.79. The first-order chi connectivity index (χ1) is 7.01. The SMILES string of the molecule is CCC1NC(=O)C(C)(C2CC2)N(C)C1=O. The molecule has 1 N–H and O–H groups in total. The minimum Gasteiger partial charge on any atom is -0.342 e. The van der Waals surface area contributed by atoms with Gasteiger partial charge in [0, 0.05) is 7.05 Å². The lowest BCUT2D eigenvalue weighted by Crippen LogP contribution is -2.69. The van der Waals surface area contributed by atoms with Gasteiger partial charge in [0.15, 0.2) is 0 Å². The van der Waals surface area contributed by atoms with Crippen LogP contribution in [0.25, 0.3) is 0 Å². The zero-order chi connectivity index (χ0) is 11.2. The molecule has 4 nitrogen and oxygen atoms in total. The Labute approximate surface area is 90.0 Å². The van der Waals surface area contributed by atoms with E-state index in [9.17, 15) is 9.59 Å². The highest BCUT2D eigenvalue weighted by atomic mass is 16.2. The van der Waals surface area contributed by atoms with Gasteiger partial charge >= 0.3 is 0 Å². The highest BCUT2D eigenvalue weighted by molar-refractivity contribution is 5.99. The summed E-state index contributed by atoms with van der Waals surface area (Å²) in [5.41, 5.74) is -0.608. The second-order valence-corrected chi connectivity index (χ2v) is 4.75. The first-order valence-electron chi connectivity index (χ1n) is 5.60. The van der Waals surface area contributed by atoms with E-state index >= 15 is 0 Å². The minimum absolute atomic E-state index is 0.0129. The van der Waals surface area contributed by atoms with E-state index in [0.717, 1.165) is 12.8 Å². The summed E-state index contributed by atoms with van der Waals surface area (Å²) < 4.78 is 0. The van der Waals surface area contributed by atoms with Crippen LogP contribution in [0.1, 0.15) is 33.1 Å². The van der Waals surface area contributed by atoms with Crippen molar-refractivity contribution in [1.29, 1.82) is 0 Å². The van der Waals surface area contributed by atoms with Gasteiger partial charge in [-0.1, -0.05) is 6.92 Å². The second kappa shape index (κ2) is 3.22. The molecule has 2 unspecified atom stereocenters. The van der Waals surface area contributed by atoms with E-state index < -0.39 is 5.54 Å². The molecular formula is C11H18N2O2. The van der Waals surface area contributed by atoms with Gasteiger partial charge in [0.2, 0.25) is 11.8 Å². The number of piperazine rings is 1. The van der Waals surface area contributed by atoms with Gasteiger partial charge in [0.1, 0.15) is 11.6 Å². The number of hydrogen-bond donors (Lipinski definition) is 1. The largest absolute Gasteiger partial charge is 0.342 e. The molecule has 1 aliphatic heterocycles. The van der Waals surface area contributed by atoms with Crippen LogP contribution in [-0.4, -0.2) is 35.3 Å². The van der Waals surface area contributed by atoms with Crippen molar-refractivity contribution in [3.63, 3.8) is 0 Å². The summed E-state index contributed by atoms with van der Waals surface area (Å²) in [7, 11) is 1.75. The zero-order valence-corrected chi connectivity index (χ0v) is 9.54. The summed E-state index contributed by atoms with van der Waals surface area (Å²) in [6, 6.07) is -0.325. The van der Waals surface area contributed by atoms with Crippen LogP contribution in [-0.2, 0) is 9.59 Å². The van der Waals surface area contributed by atoms with Crippen molar-refractivity contribution < 1.29 is 9.59 Å². The van der Waals surface area contributed by atoms with Crippen LogP contribution < -0.4 is 5.32 Å². The lowest BCUT2D eigenvalue weighted by molar-refractivity contribution is -0.155. The van der Waals surface area contributed by atoms with Crippen molar-refractivity contribution in [2.75, 3.05) is 7.05 Å². The van der Waals surface area contributed by atoms with Gasteiger partial charge in [0.25, 0.3) is 0 Å². The summed E-state index contributed by atoms with van der Waals surface area (Å²) in [5.74, 6) is 0.412. The van der Waals surface area contributed by atoms with Gasteiger partial charge in [-0.05, 0) is 32.1 Å². The Morgan fingerprint density at radius 1 is 1.47 bits per heavy atom. The third-order valence-corrected chi connectivity index (χ3v) is 3.87. The van der Waals surface area contributed by atoms with E-state index in [0.29, 0.717) is 12.3 Å². The van der Waals surface area contributed by atoms with Crippen LogP contribution in [0.4, 0.5) is 0 Å². The highest BCUT2D eigenvalue weighted by Crippen LogP contribution is 2.44. The van der Waals surface area contributed by atoms with E-state index in [1.165, 1.54) is 0 Å². The van der Waals surface area contributed by atoms with Crippen LogP contribution in [0.15, 0.2) is 0 Å². The van der Waals surface area contributed by atoms with Gasteiger partial charge in [-0.3, -0.25) is 9.59 Å². The third-order valence-electron chi connectivity index (χ3n) is 3.87. The molecule has 2 aliphatic rings. The van der Waals surface area contributed by atoms with Crippen LogP contribution in [0.5, 0.6) is 0 Å². The fourth-order valence-corrected chi connectivity index (χ4v) is 2.36. The summed E-state index contributed by atoms with van der Waals surface area (Å²) in [6.07, 6.45) is 2.77. The first-order valence-corrected chi connectivity index (χ1v) is 5.60. The summed E-state index contributed by atoms with van der Waals surface area (Å²) >= 11 is 0. The van der Waals surface area contributed by atoms with Crippen molar-refractivity contribution in [3.8, 4) is 0 Å². The van der Waals surface area contributed by atoms with E-state index in [1.807, 2.05) is 13.8 Å². The Bertz CT molecular complexity index is 312. The maximum Gasteiger partial charge on any atom is 0.246 e. The molecule has 1 aliphatic carbocycles. The number of hydrogen-bond acceptors (Lipinski definition) is 2.